The highest BCUT2D eigenvalue weighted by Gasteiger charge is 2.31. The van der Waals surface area contributed by atoms with Crippen molar-refractivity contribution >= 4 is 11.7 Å². The van der Waals surface area contributed by atoms with Gasteiger partial charge in [-0.05, 0) is 36.1 Å². The molecule has 2 aromatic rings. The summed E-state index contributed by atoms with van der Waals surface area (Å²) >= 11 is 0. The van der Waals surface area contributed by atoms with Crippen LogP contribution in [0.25, 0.3) is 0 Å². The number of carbonyl (C=O) groups excluding carboxylic acids is 2. The van der Waals surface area contributed by atoms with E-state index in [1.54, 1.807) is 17.3 Å². The molecule has 1 aromatic carbocycles. The third-order valence-corrected chi connectivity index (χ3v) is 4.43. The molecule has 23 heavy (non-hydrogen) atoms. The summed E-state index contributed by atoms with van der Waals surface area (Å²) in [4.78, 5) is 30.6. The Morgan fingerprint density at radius 3 is 2.70 bits per heavy atom. The first-order valence-electron chi connectivity index (χ1n) is 7.90. The molecule has 4 heteroatoms. The van der Waals surface area contributed by atoms with Crippen molar-refractivity contribution < 1.29 is 9.59 Å². The number of benzene rings is 1. The molecule has 1 unspecified atom stereocenters. The standard InChI is InChI=1S/C19H20N2O2/c1-21(11-8-14-6-9-20-10-7-14)19(23)16-12-15-4-2-3-5-17(15)18(22)13-16/h2-7,9-10,16H,8,11-13H2,1H3. The Morgan fingerprint density at radius 1 is 1.17 bits per heavy atom. The minimum atomic E-state index is -0.236. The molecule has 0 radical (unpaired) electrons. The van der Waals surface area contributed by atoms with Gasteiger partial charge in [0, 0.05) is 43.9 Å². The van der Waals surface area contributed by atoms with Crippen LogP contribution in [0.2, 0.25) is 0 Å². The average Bonchev–Trinajstić information content (AvgIpc) is 2.60. The van der Waals surface area contributed by atoms with Gasteiger partial charge in [-0.25, -0.2) is 0 Å². The Kier molecular flexibility index (Phi) is 4.51. The number of pyridine rings is 1. The molecule has 0 bridgehead atoms. The maximum absolute atomic E-state index is 12.6. The van der Waals surface area contributed by atoms with E-state index in [0.717, 1.165) is 23.1 Å². The maximum Gasteiger partial charge on any atom is 0.226 e. The lowest BCUT2D eigenvalue weighted by atomic mass is 9.82. The number of carbonyl (C=O) groups is 2. The summed E-state index contributed by atoms with van der Waals surface area (Å²) in [7, 11) is 1.81. The molecule has 1 aromatic heterocycles. The summed E-state index contributed by atoms with van der Waals surface area (Å²) in [5.74, 6) is -0.102. The molecular weight excluding hydrogens is 288 g/mol. The third kappa shape index (κ3) is 3.47. The second kappa shape index (κ2) is 6.73. The van der Waals surface area contributed by atoms with Gasteiger partial charge in [0.1, 0.15) is 0 Å². The van der Waals surface area contributed by atoms with E-state index in [2.05, 4.69) is 4.98 Å². The van der Waals surface area contributed by atoms with Gasteiger partial charge in [0.2, 0.25) is 5.91 Å². The van der Waals surface area contributed by atoms with Crippen LogP contribution in [-0.4, -0.2) is 35.2 Å². The number of amides is 1. The van der Waals surface area contributed by atoms with Crippen molar-refractivity contribution in [3.05, 3.63) is 65.5 Å². The van der Waals surface area contributed by atoms with Gasteiger partial charge in [0.15, 0.2) is 5.78 Å². The van der Waals surface area contributed by atoms with Crippen LogP contribution in [0.4, 0.5) is 0 Å². The Morgan fingerprint density at radius 2 is 1.91 bits per heavy atom. The highest BCUT2D eigenvalue weighted by atomic mass is 16.2. The second-order valence-corrected chi connectivity index (χ2v) is 6.05. The molecule has 1 aliphatic carbocycles. The summed E-state index contributed by atoms with van der Waals surface area (Å²) in [5.41, 5.74) is 2.92. The summed E-state index contributed by atoms with van der Waals surface area (Å²) in [6, 6.07) is 11.5. The van der Waals surface area contributed by atoms with E-state index < -0.39 is 0 Å². The van der Waals surface area contributed by atoms with Crippen LogP contribution in [-0.2, 0) is 17.6 Å². The van der Waals surface area contributed by atoms with Crippen molar-refractivity contribution in [2.45, 2.75) is 19.3 Å². The number of fused-ring (bicyclic) bond motifs is 1. The molecule has 0 N–H and O–H groups in total. The molecular formula is C19H20N2O2. The summed E-state index contributed by atoms with van der Waals surface area (Å²) in [5, 5.41) is 0. The summed E-state index contributed by atoms with van der Waals surface area (Å²) in [6.07, 6.45) is 5.28. The van der Waals surface area contributed by atoms with Crippen LogP contribution in [0.3, 0.4) is 0 Å². The van der Waals surface area contributed by atoms with Crippen LogP contribution >= 0.6 is 0 Å². The molecule has 0 saturated carbocycles. The first kappa shape index (κ1) is 15.4. The molecule has 1 atom stereocenters. The van der Waals surface area contributed by atoms with Crippen LogP contribution in [0.15, 0.2) is 48.8 Å². The maximum atomic E-state index is 12.6. The quantitative estimate of drug-likeness (QED) is 0.872. The predicted molar refractivity (Wildman–Crippen MR) is 88.2 cm³/mol. The van der Waals surface area contributed by atoms with E-state index >= 15 is 0 Å². The van der Waals surface area contributed by atoms with E-state index in [4.69, 9.17) is 0 Å². The van der Waals surface area contributed by atoms with E-state index in [1.807, 2.05) is 43.4 Å². The fraction of sp³-hybridized carbons (Fsp3) is 0.316. The summed E-state index contributed by atoms with van der Waals surface area (Å²) < 4.78 is 0. The second-order valence-electron chi connectivity index (χ2n) is 6.05. The largest absolute Gasteiger partial charge is 0.345 e. The zero-order valence-corrected chi connectivity index (χ0v) is 13.2. The Bertz CT molecular complexity index is 712. The molecule has 1 amide bonds. The lowest BCUT2D eigenvalue weighted by molar-refractivity contribution is -0.134. The first-order chi connectivity index (χ1) is 11.1. The number of aromatic nitrogens is 1. The number of hydrogen-bond donors (Lipinski definition) is 0. The highest BCUT2D eigenvalue weighted by molar-refractivity contribution is 6.01. The van der Waals surface area contributed by atoms with Crippen molar-refractivity contribution in [1.29, 1.82) is 0 Å². The fourth-order valence-corrected chi connectivity index (χ4v) is 3.08. The zero-order chi connectivity index (χ0) is 16.2. The van der Waals surface area contributed by atoms with Crippen LogP contribution < -0.4 is 0 Å². The minimum Gasteiger partial charge on any atom is -0.345 e. The van der Waals surface area contributed by atoms with Gasteiger partial charge in [0.05, 0.1) is 0 Å². The fourth-order valence-electron chi connectivity index (χ4n) is 3.08. The SMILES string of the molecule is CN(CCc1ccncc1)C(=O)C1CC(=O)c2ccccc2C1. The third-order valence-electron chi connectivity index (χ3n) is 4.43. The van der Waals surface area contributed by atoms with Gasteiger partial charge in [-0.1, -0.05) is 24.3 Å². The lowest BCUT2D eigenvalue weighted by Gasteiger charge is -2.27. The average molecular weight is 308 g/mol. The van der Waals surface area contributed by atoms with Gasteiger partial charge >= 0.3 is 0 Å². The van der Waals surface area contributed by atoms with E-state index in [1.165, 1.54) is 0 Å². The molecule has 3 rings (SSSR count). The Hall–Kier alpha value is -2.49. The molecule has 0 fully saturated rings. The van der Waals surface area contributed by atoms with E-state index in [0.29, 0.717) is 19.4 Å². The first-order valence-corrected chi connectivity index (χ1v) is 7.90. The number of rotatable bonds is 4. The number of likely N-dealkylation sites (N-methyl/N-ethyl adjacent to an activating group) is 1. The number of hydrogen-bond acceptors (Lipinski definition) is 3. The zero-order valence-electron chi connectivity index (χ0n) is 13.2. The van der Waals surface area contributed by atoms with Gasteiger partial charge in [-0.2, -0.15) is 0 Å². The highest BCUT2D eigenvalue weighted by Crippen LogP contribution is 2.26. The number of nitrogens with zero attached hydrogens (tertiary/aromatic N) is 2. The number of Topliss-reactive ketones (excluding diaryl/α,β-unsaturated/α-hetero) is 1. The lowest BCUT2D eigenvalue weighted by Crippen LogP contribution is -2.38. The van der Waals surface area contributed by atoms with E-state index in [9.17, 15) is 9.59 Å². The van der Waals surface area contributed by atoms with Crippen molar-refractivity contribution in [3.63, 3.8) is 0 Å². The smallest absolute Gasteiger partial charge is 0.226 e. The van der Waals surface area contributed by atoms with Gasteiger partial charge in [-0.15, -0.1) is 0 Å². The van der Waals surface area contributed by atoms with Crippen LogP contribution in [0, 0.1) is 5.92 Å². The molecule has 4 nitrogen and oxygen atoms in total. The topological polar surface area (TPSA) is 50.3 Å². The minimum absolute atomic E-state index is 0.0573. The van der Waals surface area contributed by atoms with Gasteiger partial charge in [-0.3, -0.25) is 14.6 Å². The molecule has 0 aliphatic heterocycles. The van der Waals surface area contributed by atoms with E-state index in [-0.39, 0.29) is 17.6 Å². The number of ketones is 1. The Labute approximate surface area is 136 Å². The predicted octanol–water partition coefficient (Wildman–Crippen LogP) is 2.53. The normalized spacial score (nSPS) is 16.7. The van der Waals surface area contributed by atoms with Crippen molar-refractivity contribution in [2.24, 2.45) is 5.92 Å². The van der Waals surface area contributed by atoms with Crippen LogP contribution in [0.1, 0.15) is 27.9 Å². The monoisotopic (exact) mass is 308 g/mol. The molecule has 1 heterocycles. The van der Waals surface area contributed by atoms with Gasteiger partial charge < -0.3 is 4.90 Å². The molecule has 0 saturated heterocycles. The Balaban J connectivity index is 1.63. The van der Waals surface area contributed by atoms with Crippen molar-refractivity contribution in [3.8, 4) is 0 Å². The van der Waals surface area contributed by atoms with Crippen molar-refractivity contribution in [2.75, 3.05) is 13.6 Å². The molecule has 118 valence electrons. The van der Waals surface area contributed by atoms with Crippen molar-refractivity contribution in [1.82, 2.24) is 9.88 Å². The van der Waals surface area contributed by atoms with Crippen LogP contribution in [0.5, 0.6) is 0 Å². The molecule has 0 spiro atoms. The summed E-state index contributed by atoms with van der Waals surface area (Å²) in [6.45, 7) is 0.648. The molecule has 1 aliphatic rings. The van der Waals surface area contributed by atoms with Gasteiger partial charge in [0.25, 0.3) is 0 Å².